The van der Waals surface area contributed by atoms with E-state index in [0.717, 1.165) is 27.4 Å². The van der Waals surface area contributed by atoms with Crippen LogP contribution in [0.1, 0.15) is 36.3 Å². The molecule has 3 nitrogen and oxygen atoms in total. The van der Waals surface area contributed by atoms with Crippen LogP contribution in [0, 0.1) is 10.9 Å². The van der Waals surface area contributed by atoms with Gasteiger partial charge in [-0.15, -0.1) is 11.3 Å². The maximum absolute atomic E-state index is 11.8. The van der Waals surface area contributed by atoms with E-state index in [1.807, 2.05) is 6.92 Å². The molecule has 1 heterocycles. The molecule has 16 heavy (non-hydrogen) atoms. The number of aromatic nitrogens is 1. The normalized spacial score (nSPS) is 16.6. The molecule has 0 radical (unpaired) electrons. The summed E-state index contributed by atoms with van der Waals surface area (Å²) in [5.74, 6) is 0.125. The second-order valence-corrected chi connectivity index (χ2v) is 6.06. The Morgan fingerprint density at radius 3 is 2.81 bits per heavy atom. The van der Waals surface area contributed by atoms with Gasteiger partial charge < -0.3 is 10.3 Å². The highest BCUT2D eigenvalue weighted by Crippen LogP contribution is 2.19. The number of nitrogens with one attached hydrogen (secondary N) is 2. The number of aromatic amines is 1. The maximum Gasteiger partial charge on any atom is 0.225 e. The zero-order chi connectivity index (χ0) is 11.5. The average Bonchev–Trinajstić information content (AvgIpc) is 2.78. The highest BCUT2D eigenvalue weighted by molar-refractivity contribution is 7.73. The van der Waals surface area contributed by atoms with Crippen LogP contribution in [-0.2, 0) is 11.2 Å². The summed E-state index contributed by atoms with van der Waals surface area (Å²) >= 11 is 6.55. The van der Waals surface area contributed by atoms with Gasteiger partial charge in [0.05, 0.1) is 6.42 Å². The third-order valence-electron chi connectivity index (χ3n) is 2.97. The molecule has 0 bridgehead atoms. The molecule has 1 fully saturated rings. The van der Waals surface area contributed by atoms with Gasteiger partial charge >= 0.3 is 0 Å². The van der Waals surface area contributed by atoms with Gasteiger partial charge in [-0.25, -0.2) is 0 Å². The maximum atomic E-state index is 11.8. The highest BCUT2D eigenvalue weighted by atomic mass is 32.1. The molecule has 1 saturated carbocycles. The van der Waals surface area contributed by atoms with Crippen molar-refractivity contribution in [2.75, 3.05) is 0 Å². The molecule has 0 spiro atoms. The number of H-pyrrole nitrogens is 1. The molecule has 5 heteroatoms. The third-order valence-corrected chi connectivity index (χ3v) is 4.30. The Kier molecular flexibility index (Phi) is 3.76. The molecule has 1 aromatic rings. The number of carbonyl (C=O) groups is 1. The number of aryl methyl sites for hydroxylation is 1. The van der Waals surface area contributed by atoms with Crippen molar-refractivity contribution in [3.8, 4) is 0 Å². The first-order valence-electron chi connectivity index (χ1n) is 5.63. The SMILES string of the molecule is Cc1[nH]c(=S)sc1CC(=O)NC1CCCC1. The fraction of sp³-hybridized carbons (Fsp3) is 0.636. The van der Waals surface area contributed by atoms with Crippen molar-refractivity contribution >= 4 is 29.5 Å². The van der Waals surface area contributed by atoms with Crippen molar-refractivity contribution in [3.63, 3.8) is 0 Å². The molecule has 0 aliphatic heterocycles. The van der Waals surface area contributed by atoms with E-state index >= 15 is 0 Å². The average molecular weight is 256 g/mol. The fourth-order valence-corrected chi connectivity index (χ4v) is 3.39. The van der Waals surface area contributed by atoms with Gasteiger partial charge in [0, 0.05) is 16.6 Å². The highest BCUT2D eigenvalue weighted by Gasteiger charge is 2.17. The number of amides is 1. The summed E-state index contributed by atoms with van der Waals surface area (Å²) in [6, 6.07) is 0.403. The second-order valence-electron chi connectivity index (χ2n) is 4.29. The molecule has 0 aromatic carbocycles. The predicted molar refractivity (Wildman–Crippen MR) is 68.3 cm³/mol. The van der Waals surface area contributed by atoms with E-state index in [1.54, 1.807) is 0 Å². The van der Waals surface area contributed by atoms with Gasteiger partial charge in [0.15, 0.2) is 3.95 Å². The van der Waals surface area contributed by atoms with E-state index in [9.17, 15) is 4.79 Å². The fourth-order valence-electron chi connectivity index (χ4n) is 2.10. The Morgan fingerprint density at radius 1 is 1.56 bits per heavy atom. The largest absolute Gasteiger partial charge is 0.353 e. The minimum atomic E-state index is 0.125. The van der Waals surface area contributed by atoms with Crippen LogP contribution < -0.4 is 5.32 Å². The van der Waals surface area contributed by atoms with Crippen molar-refractivity contribution in [2.24, 2.45) is 0 Å². The van der Waals surface area contributed by atoms with Crippen molar-refractivity contribution in [1.82, 2.24) is 10.3 Å². The lowest BCUT2D eigenvalue weighted by molar-refractivity contribution is -0.121. The first-order valence-corrected chi connectivity index (χ1v) is 6.85. The minimum Gasteiger partial charge on any atom is -0.353 e. The first kappa shape index (κ1) is 11.8. The molecule has 1 aliphatic rings. The molecular weight excluding hydrogens is 240 g/mol. The second kappa shape index (κ2) is 5.10. The van der Waals surface area contributed by atoms with E-state index in [4.69, 9.17) is 12.2 Å². The van der Waals surface area contributed by atoms with Crippen LogP contribution in [0.4, 0.5) is 0 Å². The van der Waals surface area contributed by atoms with E-state index in [-0.39, 0.29) is 5.91 Å². The Balaban J connectivity index is 1.91. The van der Waals surface area contributed by atoms with Crippen LogP contribution in [0.3, 0.4) is 0 Å². The number of rotatable bonds is 3. The molecule has 1 aliphatic carbocycles. The summed E-state index contributed by atoms with van der Waals surface area (Å²) in [6.45, 7) is 1.96. The number of hydrogen-bond donors (Lipinski definition) is 2. The van der Waals surface area contributed by atoms with Gasteiger partial charge in [0.2, 0.25) is 5.91 Å². The Hall–Kier alpha value is -0.680. The zero-order valence-electron chi connectivity index (χ0n) is 9.34. The monoisotopic (exact) mass is 256 g/mol. The summed E-state index contributed by atoms with van der Waals surface area (Å²) in [6.07, 6.45) is 5.21. The lowest BCUT2D eigenvalue weighted by Crippen LogP contribution is -2.33. The van der Waals surface area contributed by atoms with Gasteiger partial charge in [-0.2, -0.15) is 0 Å². The molecule has 1 amide bonds. The molecule has 88 valence electrons. The molecule has 2 N–H and O–H groups in total. The third kappa shape index (κ3) is 2.92. The quantitative estimate of drug-likeness (QED) is 0.817. The van der Waals surface area contributed by atoms with Crippen LogP contribution in [0.5, 0.6) is 0 Å². The van der Waals surface area contributed by atoms with Crippen LogP contribution in [0.25, 0.3) is 0 Å². The van der Waals surface area contributed by atoms with Gasteiger partial charge in [-0.3, -0.25) is 4.79 Å². The summed E-state index contributed by atoms with van der Waals surface area (Å²) in [5, 5.41) is 3.08. The topological polar surface area (TPSA) is 44.9 Å². The van der Waals surface area contributed by atoms with Crippen LogP contribution >= 0.6 is 23.6 Å². The molecule has 0 atom stereocenters. The Labute approximate surface area is 104 Å². The van der Waals surface area contributed by atoms with Crippen molar-refractivity contribution in [2.45, 2.75) is 45.1 Å². The van der Waals surface area contributed by atoms with Gasteiger partial charge in [0.1, 0.15) is 0 Å². The summed E-state index contributed by atoms with van der Waals surface area (Å²) in [4.78, 5) is 15.9. The zero-order valence-corrected chi connectivity index (χ0v) is 11.0. The van der Waals surface area contributed by atoms with E-state index in [2.05, 4.69) is 10.3 Å². The van der Waals surface area contributed by atoms with Crippen LogP contribution in [-0.4, -0.2) is 16.9 Å². The smallest absolute Gasteiger partial charge is 0.225 e. The van der Waals surface area contributed by atoms with E-state index in [0.29, 0.717) is 12.5 Å². The number of hydrogen-bond acceptors (Lipinski definition) is 3. The Morgan fingerprint density at radius 2 is 2.25 bits per heavy atom. The van der Waals surface area contributed by atoms with E-state index in [1.165, 1.54) is 24.2 Å². The summed E-state index contributed by atoms with van der Waals surface area (Å²) in [5.41, 5.74) is 1.02. The molecule has 1 aromatic heterocycles. The molecule has 0 saturated heterocycles. The van der Waals surface area contributed by atoms with Gasteiger partial charge in [-0.1, -0.05) is 12.8 Å². The predicted octanol–water partition coefficient (Wildman–Crippen LogP) is 2.72. The van der Waals surface area contributed by atoms with E-state index < -0.39 is 0 Å². The molecule has 2 rings (SSSR count). The van der Waals surface area contributed by atoms with Crippen LogP contribution in [0.15, 0.2) is 0 Å². The number of carbonyl (C=O) groups excluding carboxylic acids is 1. The minimum absolute atomic E-state index is 0.125. The van der Waals surface area contributed by atoms with Crippen LogP contribution in [0.2, 0.25) is 0 Å². The lowest BCUT2D eigenvalue weighted by atomic mass is 10.2. The standard InChI is InChI=1S/C11H16N2OS2/c1-7-9(16-11(15)12-7)6-10(14)13-8-4-2-3-5-8/h8H,2-6H2,1H3,(H,12,15)(H,13,14). The summed E-state index contributed by atoms with van der Waals surface area (Å²) in [7, 11) is 0. The van der Waals surface area contributed by atoms with Crippen molar-refractivity contribution in [1.29, 1.82) is 0 Å². The summed E-state index contributed by atoms with van der Waals surface area (Å²) < 4.78 is 0.751. The Bertz CT molecular complexity index is 429. The van der Waals surface area contributed by atoms with Gasteiger partial charge in [0.25, 0.3) is 0 Å². The first-order chi connectivity index (χ1) is 7.65. The lowest BCUT2D eigenvalue weighted by Gasteiger charge is -2.11. The molecular formula is C11H16N2OS2. The van der Waals surface area contributed by atoms with Crippen molar-refractivity contribution < 1.29 is 4.79 Å². The van der Waals surface area contributed by atoms with Crippen molar-refractivity contribution in [3.05, 3.63) is 14.5 Å². The number of thiazole rings is 1. The molecule has 0 unspecified atom stereocenters. The van der Waals surface area contributed by atoms with Gasteiger partial charge in [-0.05, 0) is 32.0 Å².